The molecular formula is C14H21NO2. The van der Waals surface area contributed by atoms with Crippen LogP contribution in [0.1, 0.15) is 31.4 Å². The highest BCUT2D eigenvalue weighted by molar-refractivity contribution is 5.79. The highest BCUT2D eigenvalue weighted by Crippen LogP contribution is 2.16. The Kier molecular flexibility index (Phi) is 5.01. The predicted molar refractivity (Wildman–Crippen MR) is 70.3 cm³/mol. The normalized spacial score (nSPS) is 12.0. The van der Waals surface area contributed by atoms with E-state index in [4.69, 9.17) is 4.74 Å². The Labute approximate surface area is 103 Å². The standard InChI is InChI=1S/C14H21NO2/c1-5-13(14(16)17-6-2)15-12-8-7-10(3)11(4)9-12/h7-9,13,15H,5-6H2,1-4H3. The lowest BCUT2D eigenvalue weighted by Gasteiger charge is -2.17. The van der Waals surface area contributed by atoms with Crippen molar-refractivity contribution in [2.45, 2.75) is 40.2 Å². The number of aryl methyl sites for hydroxylation is 2. The van der Waals surface area contributed by atoms with Crippen molar-refractivity contribution in [3.63, 3.8) is 0 Å². The maximum Gasteiger partial charge on any atom is 0.328 e. The number of anilines is 1. The second-order valence-corrected chi connectivity index (χ2v) is 4.16. The summed E-state index contributed by atoms with van der Waals surface area (Å²) < 4.78 is 5.02. The molecule has 0 bridgehead atoms. The lowest BCUT2D eigenvalue weighted by atomic mass is 10.1. The Hall–Kier alpha value is -1.51. The molecule has 0 aliphatic rings. The number of rotatable bonds is 5. The number of carbonyl (C=O) groups excluding carboxylic acids is 1. The van der Waals surface area contributed by atoms with Gasteiger partial charge >= 0.3 is 5.97 Å². The minimum Gasteiger partial charge on any atom is -0.464 e. The Morgan fingerprint density at radius 3 is 2.53 bits per heavy atom. The van der Waals surface area contributed by atoms with Crippen LogP contribution in [0.2, 0.25) is 0 Å². The summed E-state index contributed by atoms with van der Waals surface area (Å²) in [5.41, 5.74) is 3.43. The van der Waals surface area contributed by atoms with Gasteiger partial charge in [-0.05, 0) is 50.5 Å². The quantitative estimate of drug-likeness (QED) is 0.797. The third kappa shape index (κ3) is 3.77. The van der Waals surface area contributed by atoms with E-state index in [0.717, 1.165) is 5.69 Å². The van der Waals surface area contributed by atoms with Crippen molar-refractivity contribution in [2.75, 3.05) is 11.9 Å². The smallest absolute Gasteiger partial charge is 0.328 e. The number of nitrogens with one attached hydrogen (secondary N) is 1. The SMILES string of the molecule is CCOC(=O)C(CC)Nc1ccc(C)c(C)c1. The van der Waals surface area contributed by atoms with Gasteiger partial charge in [-0.25, -0.2) is 4.79 Å². The molecule has 0 amide bonds. The molecule has 3 nitrogen and oxygen atoms in total. The van der Waals surface area contributed by atoms with Crippen LogP contribution >= 0.6 is 0 Å². The van der Waals surface area contributed by atoms with E-state index < -0.39 is 0 Å². The van der Waals surface area contributed by atoms with Crippen LogP contribution in [0.4, 0.5) is 5.69 Å². The largest absolute Gasteiger partial charge is 0.464 e. The van der Waals surface area contributed by atoms with E-state index in [0.29, 0.717) is 13.0 Å². The minimum absolute atomic E-state index is 0.187. The average molecular weight is 235 g/mol. The van der Waals surface area contributed by atoms with Gasteiger partial charge in [0, 0.05) is 5.69 Å². The lowest BCUT2D eigenvalue weighted by molar-refractivity contribution is -0.144. The number of hydrogen-bond acceptors (Lipinski definition) is 3. The van der Waals surface area contributed by atoms with E-state index in [2.05, 4.69) is 31.3 Å². The molecule has 1 unspecified atom stereocenters. The summed E-state index contributed by atoms with van der Waals surface area (Å²) in [6.07, 6.45) is 0.714. The van der Waals surface area contributed by atoms with E-state index in [1.807, 2.05) is 19.9 Å². The van der Waals surface area contributed by atoms with Crippen LogP contribution in [-0.2, 0) is 9.53 Å². The molecule has 0 aliphatic heterocycles. The molecule has 0 radical (unpaired) electrons. The molecule has 0 aromatic heterocycles. The molecule has 0 saturated carbocycles. The summed E-state index contributed by atoms with van der Waals surface area (Å²) in [6, 6.07) is 5.83. The van der Waals surface area contributed by atoms with Crippen LogP contribution in [0.5, 0.6) is 0 Å². The van der Waals surface area contributed by atoms with Gasteiger partial charge in [0.2, 0.25) is 0 Å². The molecule has 0 heterocycles. The summed E-state index contributed by atoms with van der Waals surface area (Å²) >= 11 is 0. The second-order valence-electron chi connectivity index (χ2n) is 4.16. The molecule has 0 saturated heterocycles. The average Bonchev–Trinajstić information content (AvgIpc) is 2.30. The van der Waals surface area contributed by atoms with E-state index in [1.54, 1.807) is 0 Å². The first-order valence-electron chi connectivity index (χ1n) is 6.08. The molecule has 0 fully saturated rings. The Morgan fingerprint density at radius 1 is 1.29 bits per heavy atom. The van der Waals surface area contributed by atoms with Crippen LogP contribution in [-0.4, -0.2) is 18.6 Å². The van der Waals surface area contributed by atoms with Gasteiger partial charge in [0.1, 0.15) is 6.04 Å². The lowest BCUT2D eigenvalue weighted by Crippen LogP contribution is -2.30. The van der Waals surface area contributed by atoms with E-state index >= 15 is 0 Å². The van der Waals surface area contributed by atoms with Crippen molar-refractivity contribution >= 4 is 11.7 Å². The molecule has 1 aromatic rings. The van der Waals surface area contributed by atoms with Gasteiger partial charge in [0.05, 0.1) is 6.61 Å². The van der Waals surface area contributed by atoms with Crippen LogP contribution < -0.4 is 5.32 Å². The van der Waals surface area contributed by atoms with Crippen LogP contribution in [0.3, 0.4) is 0 Å². The van der Waals surface area contributed by atoms with Crippen molar-refractivity contribution in [2.24, 2.45) is 0 Å². The fraction of sp³-hybridized carbons (Fsp3) is 0.500. The zero-order valence-corrected chi connectivity index (χ0v) is 11.0. The highest BCUT2D eigenvalue weighted by Gasteiger charge is 2.17. The Balaban J connectivity index is 2.73. The zero-order valence-electron chi connectivity index (χ0n) is 11.0. The first-order chi connectivity index (χ1) is 8.08. The zero-order chi connectivity index (χ0) is 12.8. The fourth-order valence-electron chi connectivity index (χ4n) is 1.60. The van der Waals surface area contributed by atoms with Gasteiger partial charge in [-0.2, -0.15) is 0 Å². The first kappa shape index (κ1) is 13.6. The minimum atomic E-state index is -0.267. The maximum absolute atomic E-state index is 11.6. The van der Waals surface area contributed by atoms with Gasteiger partial charge in [0.15, 0.2) is 0 Å². The van der Waals surface area contributed by atoms with E-state index in [-0.39, 0.29) is 12.0 Å². The Morgan fingerprint density at radius 2 is 2.00 bits per heavy atom. The summed E-state index contributed by atoms with van der Waals surface area (Å²) in [4.78, 5) is 11.6. The molecular weight excluding hydrogens is 214 g/mol. The molecule has 0 spiro atoms. The van der Waals surface area contributed by atoms with Crippen molar-refractivity contribution in [1.82, 2.24) is 0 Å². The van der Waals surface area contributed by atoms with Gasteiger partial charge in [-0.3, -0.25) is 0 Å². The number of benzene rings is 1. The molecule has 0 aliphatic carbocycles. The fourth-order valence-corrected chi connectivity index (χ4v) is 1.60. The Bertz CT molecular complexity index is 388. The summed E-state index contributed by atoms with van der Waals surface area (Å²) in [6.45, 7) is 8.34. The van der Waals surface area contributed by atoms with Crippen molar-refractivity contribution in [3.05, 3.63) is 29.3 Å². The van der Waals surface area contributed by atoms with Gasteiger partial charge < -0.3 is 10.1 Å². The van der Waals surface area contributed by atoms with Crippen LogP contribution in [0.15, 0.2) is 18.2 Å². The second kappa shape index (κ2) is 6.28. The van der Waals surface area contributed by atoms with Crippen molar-refractivity contribution in [3.8, 4) is 0 Å². The van der Waals surface area contributed by atoms with Crippen LogP contribution in [0, 0.1) is 13.8 Å². The topological polar surface area (TPSA) is 38.3 Å². The highest BCUT2D eigenvalue weighted by atomic mass is 16.5. The van der Waals surface area contributed by atoms with Gasteiger partial charge in [-0.1, -0.05) is 13.0 Å². The summed E-state index contributed by atoms with van der Waals surface area (Å²) in [5.74, 6) is -0.187. The van der Waals surface area contributed by atoms with Gasteiger partial charge in [0.25, 0.3) is 0 Å². The molecule has 3 heteroatoms. The maximum atomic E-state index is 11.6. The summed E-state index contributed by atoms with van der Waals surface area (Å²) in [5, 5.41) is 3.21. The first-order valence-corrected chi connectivity index (χ1v) is 6.08. The molecule has 94 valence electrons. The van der Waals surface area contributed by atoms with E-state index in [1.165, 1.54) is 11.1 Å². The molecule has 1 atom stereocenters. The van der Waals surface area contributed by atoms with E-state index in [9.17, 15) is 4.79 Å². The molecule has 1 N–H and O–H groups in total. The van der Waals surface area contributed by atoms with Crippen molar-refractivity contribution in [1.29, 1.82) is 0 Å². The molecule has 17 heavy (non-hydrogen) atoms. The number of ether oxygens (including phenoxy) is 1. The van der Waals surface area contributed by atoms with Crippen molar-refractivity contribution < 1.29 is 9.53 Å². The summed E-state index contributed by atoms with van der Waals surface area (Å²) in [7, 11) is 0. The number of hydrogen-bond donors (Lipinski definition) is 1. The monoisotopic (exact) mass is 235 g/mol. The molecule has 1 rings (SSSR count). The number of esters is 1. The number of carbonyl (C=O) groups is 1. The van der Waals surface area contributed by atoms with Gasteiger partial charge in [-0.15, -0.1) is 0 Å². The predicted octanol–water partition coefficient (Wildman–Crippen LogP) is 3.06. The third-order valence-electron chi connectivity index (χ3n) is 2.83. The van der Waals surface area contributed by atoms with Crippen LogP contribution in [0.25, 0.3) is 0 Å². The molecule has 1 aromatic carbocycles. The third-order valence-corrected chi connectivity index (χ3v) is 2.83.